The maximum atomic E-state index is 12.8. The van der Waals surface area contributed by atoms with Gasteiger partial charge in [-0.25, -0.2) is 9.37 Å². The van der Waals surface area contributed by atoms with Crippen LogP contribution in [0.1, 0.15) is 5.56 Å². The minimum Gasteiger partial charge on any atom is -0.236 e. The van der Waals surface area contributed by atoms with Gasteiger partial charge in [0.2, 0.25) is 0 Å². The number of aromatic nitrogens is 1. The van der Waals surface area contributed by atoms with Gasteiger partial charge in [0.25, 0.3) is 0 Å². The summed E-state index contributed by atoms with van der Waals surface area (Å²) in [7, 11) is 0. The van der Waals surface area contributed by atoms with Crippen molar-refractivity contribution < 1.29 is 4.39 Å². The summed E-state index contributed by atoms with van der Waals surface area (Å²) in [6, 6.07) is 9.86. The second kappa shape index (κ2) is 4.93. The van der Waals surface area contributed by atoms with E-state index in [0.717, 1.165) is 16.8 Å². The summed E-state index contributed by atoms with van der Waals surface area (Å²) in [4.78, 5) is 4.26. The Morgan fingerprint density at radius 1 is 1.12 bits per heavy atom. The van der Waals surface area contributed by atoms with Gasteiger partial charge < -0.3 is 0 Å². The highest BCUT2D eigenvalue weighted by Gasteiger charge is 2.06. The second-order valence-corrected chi connectivity index (χ2v) is 4.23. The topological polar surface area (TPSA) is 12.9 Å². The van der Waals surface area contributed by atoms with Crippen LogP contribution in [-0.4, -0.2) is 4.98 Å². The molecule has 16 heavy (non-hydrogen) atoms. The van der Waals surface area contributed by atoms with Gasteiger partial charge in [0, 0.05) is 10.9 Å². The third-order valence-electron chi connectivity index (χ3n) is 2.21. The molecule has 0 bridgehead atoms. The van der Waals surface area contributed by atoms with E-state index in [1.807, 2.05) is 6.07 Å². The highest BCUT2D eigenvalue weighted by molar-refractivity contribution is 9.08. The fourth-order valence-electron chi connectivity index (χ4n) is 1.43. The Balaban J connectivity index is 2.53. The first-order valence-electron chi connectivity index (χ1n) is 4.68. The van der Waals surface area contributed by atoms with Crippen molar-refractivity contribution in [3.05, 3.63) is 52.9 Å². The van der Waals surface area contributed by atoms with Gasteiger partial charge in [-0.05, 0) is 35.9 Å². The van der Waals surface area contributed by atoms with Crippen LogP contribution in [0.4, 0.5) is 4.39 Å². The van der Waals surface area contributed by atoms with Crippen molar-refractivity contribution in [2.45, 2.75) is 5.33 Å². The number of hydrogen-bond donors (Lipinski definition) is 0. The van der Waals surface area contributed by atoms with Gasteiger partial charge >= 0.3 is 0 Å². The molecule has 0 aliphatic rings. The lowest BCUT2D eigenvalue weighted by atomic mass is 10.1. The molecule has 0 aliphatic carbocycles. The minimum atomic E-state index is -0.258. The van der Waals surface area contributed by atoms with Crippen molar-refractivity contribution in [2.24, 2.45) is 0 Å². The van der Waals surface area contributed by atoms with Crippen LogP contribution in [0, 0.1) is 5.82 Å². The first kappa shape index (κ1) is 11.6. The summed E-state index contributed by atoms with van der Waals surface area (Å²) in [5.74, 6) is -0.258. The fourth-order valence-corrected chi connectivity index (χ4v) is 2.03. The third-order valence-corrected chi connectivity index (χ3v) is 3.02. The Morgan fingerprint density at radius 2 is 1.81 bits per heavy atom. The molecule has 0 radical (unpaired) electrons. The van der Waals surface area contributed by atoms with E-state index in [9.17, 15) is 4.39 Å². The number of alkyl halides is 1. The summed E-state index contributed by atoms with van der Waals surface area (Å²) < 4.78 is 12.8. The van der Waals surface area contributed by atoms with Crippen molar-refractivity contribution in [3.8, 4) is 11.3 Å². The van der Waals surface area contributed by atoms with E-state index in [4.69, 9.17) is 11.6 Å². The molecular formula is C12H8BrClFN. The van der Waals surface area contributed by atoms with Gasteiger partial charge in [-0.3, -0.25) is 0 Å². The highest BCUT2D eigenvalue weighted by Crippen LogP contribution is 2.25. The predicted octanol–water partition coefficient (Wildman–Crippen LogP) is 4.44. The molecule has 82 valence electrons. The maximum Gasteiger partial charge on any atom is 0.129 e. The standard InChI is InChI=1S/C12H8BrClFN/c13-7-9-3-6-11(14)16-12(9)8-1-4-10(15)5-2-8/h1-6H,7H2. The van der Waals surface area contributed by atoms with E-state index in [1.54, 1.807) is 18.2 Å². The molecule has 1 nitrogen and oxygen atoms in total. The Kier molecular flexibility index (Phi) is 3.56. The molecule has 0 unspecified atom stereocenters. The molecule has 0 saturated carbocycles. The molecule has 1 heterocycles. The summed E-state index contributed by atoms with van der Waals surface area (Å²) in [6.45, 7) is 0. The molecule has 0 amide bonds. The lowest BCUT2D eigenvalue weighted by Crippen LogP contribution is -1.91. The van der Waals surface area contributed by atoms with Gasteiger partial charge in [0.15, 0.2) is 0 Å². The molecule has 0 aliphatic heterocycles. The Bertz CT molecular complexity index is 499. The van der Waals surface area contributed by atoms with Crippen LogP contribution in [0.5, 0.6) is 0 Å². The van der Waals surface area contributed by atoms with E-state index < -0.39 is 0 Å². The van der Waals surface area contributed by atoms with E-state index >= 15 is 0 Å². The summed E-state index contributed by atoms with van der Waals surface area (Å²) >= 11 is 9.24. The Labute approximate surface area is 106 Å². The number of nitrogens with zero attached hydrogens (tertiary/aromatic N) is 1. The minimum absolute atomic E-state index is 0.258. The van der Waals surface area contributed by atoms with Gasteiger partial charge in [-0.1, -0.05) is 33.6 Å². The predicted molar refractivity (Wildman–Crippen MR) is 67.3 cm³/mol. The zero-order chi connectivity index (χ0) is 11.5. The van der Waals surface area contributed by atoms with E-state index in [0.29, 0.717) is 10.5 Å². The van der Waals surface area contributed by atoms with E-state index in [-0.39, 0.29) is 5.82 Å². The lowest BCUT2D eigenvalue weighted by molar-refractivity contribution is 0.628. The monoisotopic (exact) mass is 299 g/mol. The van der Waals surface area contributed by atoms with Crippen molar-refractivity contribution in [3.63, 3.8) is 0 Å². The van der Waals surface area contributed by atoms with Crippen molar-refractivity contribution in [2.75, 3.05) is 0 Å². The van der Waals surface area contributed by atoms with Gasteiger partial charge in [0.05, 0.1) is 5.69 Å². The Hall–Kier alpha value is -0.930. The van der Waals surface area contributed by atoms with E-state index in [2.05, 4.69) is 20.9 Å². The quantitative estimate of drug-likeness (QED) is 0.590. The molecule has 0 saturated heterocycles. The summed E-state index contributed by atoms with van der Waals surface area (Å²) in [5, 5.41) is 1.12. The molecule has 1 aromatic carbocycles. The number of halogens is 3. The molecule has 0 fully saturated rings. The molecule has 0 spiro atoms. The molecule has 1 aromatic heterocycles. The summed E-state index contributed by atoms with van der Waals surface area (Å²) in [5.41, 5.74) is 2.67. The van der Waals surface area contributed by atoms with Crippen molar-refractivity contribution in [1.29, 1.82) is 0 Å². The second-order valence-electron chi connectivity index (χ2n) is 3.28. The van der Waals surface area contributed by atoms with Crippen LogP contribution in [0.15, 0.2) is 36.4 Å². The zero-order valence-electron chi connectivity index (χ0n) is 8.25. The average Bonchev–Trinajstić information content (AvgIpc) is 2.30. The molecular weight excluding hydrogens is 292 g/mol. The highest BCUT2D eigenvalue weighted by atomic mass is 79.9. The van der Waals surface area contributed by atoms with Gasteiger partial charge in [-0.15, -0.1) is 0 Å². The molecule has 4 heteroatoms. The lowest BCUT2D eigenvalue weighted by Gasteiger charge is -2.06. The first-order chi connectivity index (χ1) is 7.70. The summed E-state index contributed by atoms with van der Waals surface area (Å²) in [6.07, 6.45) is 0. The number of pyridine rings is 1. The van der Waals surface area contributed by atoms with E-state index in [1.165, 1.54) is 12.1 Å². The van der Waals surface area contributed by atoms with Crippen LogP contribution in [0.25, 0.3) is 11.3 Å². The number of benzene rings is 1. The first-order valence-corrected chi connectivity index (χ1v) is 6.18. The third kappa shape index (κ3) is 2.42. The normalized spacial score (nSPS) is 10.4. The van der Waals surface area contributed by atoms with Crippen LogP contribution < -0.4 is 0 Å². The van der Waals surface area contributed by atoms with Crippen LogP contribution in [0.2, 0.25) is 5.15 Å². The Morgan fingerprint density at radius 3 is 2.44 bits per heavy atom. The molecule has 0 N–H and O–H groups in total. The van der Waals surface area contributed by atoms with Crippen LogP contribution in [-0.2, 0) is 5.33 Å². The average molecular weight is 301 g/mol. The smallest absolute Gasteiger partial charge is 0.129 e. The van der Waals surface area contributed by atoms with Crippen molar-refractivity contribution in [1.82, 2.24) is 4.98 Å². The largest absolute Gasteiger partial charge is 0.236 e. The van der Waals surface area contributed by atoms with Gasteiger partial charge in [-0.2, -0.15) is 0 Å². The fraction of sp³-hybridized carbons (Fsp3) is 0.0833. The van der Waals surface area contributed by atoms with Crippen LogP contribution in [0.3, 0.4) is 0 Å². The molecule has 2 aromatic rings. The molecule has 2 rings (SSSR count). The SMILES string of the molecule is Fc1ccc(-c2nc(Cl)ccc2CBr)cc1. The van der Waals surface area contributed by atoms with Gasteiger partial charge in [0.1, 0.15) is 11.0 Å². The zero-order valence-corrected chi connectivity index (χ0v) is 10.6. The maximum absolute atomic E-state index is 12.8. The molecule has 0 atom stereocenters. The number of rotatable bonds is 2. The van der Waals surface area contributed by atoms with Crippen LogP contribution >= 0.6 is 27.5 Å². The number of hydrogen-bond acceptors (Lipinski definition) is 1. The van der Waals surface area contributed by atoms with Crippen molar-refractivity contribution >= 4 is 27.5 Å².